The number of hydrogen-bond acceptors (Lipinski definition) is 20. The number of thioether (sulfide) groups is 1. The van der Waals surface area contributed by atoms with Crippen LogP contribution in [0, 0.1) is 5.41 Å². The fourth-order valence-electron chi connectivity index (χ4n) is 4.70. The third-order valence-electron chi connectivity index (χ3n) is 7.70. The molecule has 0 aromatic carbocycles. The molecule has 26 nitrogen and oxygen atoms in total. The highest BCUT2D eigenvalue weighted by Gasteiger charge is 2.50. The number of amides is 2. The Morgan fingerprint density at radius 3 is 2.34 bits per heavy atom. The molecule has 0 saturated carbocycles. The van der Waals surface area contributed by atoms with Gasteiger partial charge >= 0.3 is 23.5 Å². The van der Waals surface area contributed by atoms with Crippen molar-refractivity contribution in [1.29, 1.82) is 0 Å². The van der Waals surface area contributed by atoms with Gasteiger partial charge in [-0.25, -0.2) is 28.6 Å². The number of imidazole rings is 1. The van der Waals surface area contributed by atoms with E-state index in [1.165, 1.54) is 20.8 Å². The number of nitrogen functional groups attached to an aromatic ring is 1. The molecule has 1 fully saturated rings. The molecule has 318 valence electrons. The average molecular weight is 884 g/mol. The van der Waals surface area contributed by atoms with E-state index in [1.807, 2.05) is 0 Å². The summed E-state index contributed by atoms with van der Waals surface area (Å²) in [5, 5.41) is 44.6. The average Bonchev–Trinajstić information content (AvgIpc) is 3.64. The zero-order chi connectivity index (χ0) is 42.2. The molecule has 12 N–H and O–H groups in total. The Morgan fingerprint density at radius 1 is 1.04 bits per heavy atom. The SMILES string of the molecule is CC(O)C(O)CC(=O)SCCNC(=O)CCNC(=O)[C@H](O)C(C)(C)COP(=O)(O)OP(=O)(O)OC[C@H]1O[C@@H](n2cnc3c(N)ncnc32)[C@H](O)[C@@H]1OP(=O)(O)O. The monoisotopic (exact) mass is 883 g/mol. The number of nitrogens with two attached hydrogens (primary N) is 1. The molecule has 0 aliphatic carbocycles. The number of aliphatic hydroxyl groups excluding tert-OH is 4. The number of fused-ring (bicyclic) bond motifs is 1. The highest BCUT2D eigenvalue weighted by molar-refractivity contribution is 8.13. The topological polar surface area (TPSA) is 404 Å². The summed E-state index contributed by atoms with van der Waals surface area (Å²) in [6.45, 7) is 1.56. The predicted molar refractivity (Wildman–Crippen MR) is 189 cm³/mol. The molecule has 2 aromatic rings. The number of aliphatic hydroxyl groups is 4. The van der Waals surface area contributed by atoms with Crippen LogP contribution in [0.25, 0.3) is 11.2 Å². The van der Waals surface area contributed by atoms with Crippen LogP contribution in [0.2, 0.25) is 0 Å². The molecule has 2 amide bonds. The van der Waals surface area contributed by atoms with E-state index in [1.54, 1.807) is 0 Å². The van der Waals surface area contributed by atoms with Crippen molar-refractivity contribution in [3.05, 3.63) is 12.7 Å². The number of anilines is 1. The van der Waals surface area contributed by atoms with Gasteiger partial charge in [0.15, 0.2) is 22.8 Å². The Kier molecular flexibility index (Phi) is 17.1. The highest BCUT2D eigenvalue weighted by Crippen LogP contribution is 2.61. The predicted octanol–water partition coefficient (Wildman–Crippen LogP) is -2.20. The highest BCUT2D eigenvalue weighted by atomic mass is 32.2. The summed E-state index contributed by atoms with van der Waals surface area (Å²) in [6, 6.07) is 0. The van der Waals surface area contributed by atoms with Crippen molar-refractivity contribution < 1.29 is 90.7 Å². The summed E-state index contributed by atoms with van der Waals surface area (Å²) in [5.74, 6) is -1.40. The number of nitrogens with one attached hydrogen (secondary N) is 2. The largest absolute Gasteiger partial charge is 0.481 e. The van der Waals surface area contributed by atoms with Crippen LogP contribution in [-0.4, -0.2) is 145 Å². The molecule has 2 aromatic heterocycles. The van der Waals surface area contributed by atoms with Crippen molar-refractivity contribution in [2.75, 3.05) is 37.8 Å². The molecule has 56 heavy (non-hydrogen) atoms. The van der Waals surface area contributed by atoms with E-state index in [2.05, 4.69) is 34.4 Å². The van der Waals surface area contributed by atoms with Crippen LogP contribution in [0.15, 0.2) is 12.7 Å². The summed E-state index contributed by atoms with van der Waals surface area (Å²) in [5.41, 5.74) is 4.20. The van der Waals surface area contributed by atoms with Gasteiger partial charge in [-0.15, -0.1) is 0 Å². The molecule has 1 aliphatic rings. The lowest BCUT2D eigenvalue weighted by Gasteiger charge is -2.30. The van der Waals surface area contributed by atoms with E-state index in [0.29, 0.717) is 0 Å². The number of carbonyl (C=O) groups is 3. The van der Waals surface area contributed by atoms with Crippen LogP contribution >= 0.6 is 35.2 Å². The van der Waals surface area contributed by atoms with Gasteiger partial charge in [0.2, 0.25) is 11.8 Å². The van der Waals surface area contributed by atoms with Gasteiger partial charge in [-0.2, -0.15) is 4.31 Å². The van der Waals surface area contributed by atoms with Crippen LogP contribution < -0.4 is 16.4 Å². The van der Waals surface area contributed by atoms with Gasteiger partial charge in [0.25, 0.3) is 0 Å². The van der Waals surface area contributed by atoms with E-state index in [0.717, 1.165) is 29.0 Å². The first-order valence-corrected chi connectivity index (χ1v) is 21.7. The summed E-state index contributed by atoms with van der Waals surface area (Å²) in [4.78, 5) is 87.2. The van der Waals surface area contributed by atoms with Crippen molar-refractivity contribution in [2.45, 2.75) is 76.5 Å². The number of ether oxygens (including phenoxy) is 1. The molecule has 0 spiro atoms. The summed E-state index contributed by atoms with van der Waals surface area (Å²) in [6.07, 6.45) is -9.62. The van der Waals surface area contributed by atoms with E-state index >= 15 is 0 Å². The quantitative estimate of drug-likeness (QED) is 0.0441. The molecule has 1 saturated heterocycles. The van der Waals surface area contributed by atoms with Crippen LogP contribution in [0.1, 0.15) is 39.8 Å². The Hall–Kier alpha value is -2.52. The van der Waals surface area contributed by atoms with Gasteiger partial charge < -0.3 is 61.1 Å². The maximum atomic E-state index is 12.7. The van der Waals surface area contributed by atoms with Crippen LogP contribution in [0.5, 0.6) is 0 Å². The lowest BCUT2D eigenvalue weighted by Crippen LogP contribution is -2.46. The van der Waals surface area contributed by atoms with Gasteiger partial charge in [0, 0.05) is 37.1 Å². The fraction of sp³-hybridized carbons (Fsp3) is 0.692. The summed E-state index contributed by atoms with van der Waals surface area (Å²) in [7, 11) is -16.4. The second-order valence-electron chi connectivity index (χ2n) is 12.8. The molecule has 3 rings (SSSR count). The third kappa shape index (κ3) is 14.4. The van der Waals surface area contributed by atoms with Crippen molar-refractivity contribution in [2.24, 2.45) is 5.41 Å². The minimum Gasteiger partial charge on any atom is -0.391 e. The number of aromatic nitrogens is 4. The lowest BCUT2D eigenvalue weighted by molar-refractivity contribution is -0.137. The molecule has 0 bridgehead atoms. The Bertz CT molecular complexity index is 1830. The van der Waals surface area contributed by atoms with Crippen LogP contribution in [0.4, 0.5) is 5.82 Å². The summed E-state index contributed by atoms with van der Waals surface area (Å²) < 4.78 is 62.0. The standard InChI is InChI=1S/C26H44N7O19P3S/c1-13(34)14(35)8-17(37)56-7-6-28-16(36)4-5-29-24(40)21(39)26(2,3)10-49-55(46,47)52-54(44,45)48-9-15-20(51-53(41,42)43)19(38)25(50-15)33-12-32-18-22(27)30-11-31-23(18)33/h11-15,19-21,25,34-35,38-39H,4-10H2,1-3H3,(H,28,36)(H,29,40)(H,44,45)(H,46,47)(H2,27,30,31)(H2,41,42,43)/t13?,14?,15-,19-,20-,21+,25-/m1/s1. The second-order valence-corrected chi connectivity index (χ2v) is 18.2. The van der Waals surface area contributed by atoms with Crippen LogP contribution in [0.3, 0.4) is 0 Å². The normalized spacial score (nSPS) is 22.8. The van der Waals surface area contributed by atoms with Crippen molar-refractivity contribution in [3.63, 3.8) is 0 Å². The number of nitrogens with zero attached hydrogens (tertiary/aromatic N) is 4. The Morgan fingerprint density at radius 2 is 1.70 bits per heavy atom. The molecule has 9 atom stereocenters. The molecule has 30 heteroatoms. The first-order valence-electron chi connectivity index (χ1n) is 16.2. The Labute approximate surface area is 321 Å². The van der Waals surface area contributed by atoms with Crippen LogP contribution in [-0.2, 0) is 50.7 Å². The number of rotatable bonds is 22. The maximum Gasteiger partial charge on any atom is 0.481 e. The minimum absolute atomic E-state index is 0.0208. The number of phosphoric ester groups is 3. The molecule has 4 unspecified atom stereocenters. The fourth-order valence-corrected chi connectivity index (χ4v) is 8.24. The summed E-state index contributed by atoms with van der Waals surface area (Å²) >= 11 is 0.845. The second kappa shape index (κ2) is 20.0. The molecule has 0 radical (unpaired) electrons. The third-order valence-corrected chi connectivity index (χ3v) is 11.7. The Balaban J connectivity index is 1.48. The molecule has 1 aliphatic heterocycles. The molecular weight excluding hydrogens is 839 g/mol. The van der Waals surface area contributed by atoms with E-state index in [4.69, 9.17) is 19.5 Å². The minimum atomic E-state index is -5.59. The van der Waals surface area contributed by atoms with Gasteiger partial charge in [-0.05, 0) is 6.92 Å². The van der Waals surface area contributed by atoms with Crippen molar-refractivity contribution >= 4 is 69.1 Å². The van der Waals surface area contributed by atoms with Gasteiger partial charge in [0.05, 0.1) is 31.7 Å². The van der Waals surface area contributed by atoms with E-state index in [9.17, 15) is 68.1 Å². The molecule has 3 heterocycles. The first-order chi connectivity index (χ1) is 25.8. The first kappa shape index (κ1) is 47.9. The smallest absolute Gasteiger partial charge is 0.391 e. The number of carbonyl (C=O) groups excluding carboxylic acids is 3. The van der Waals surface area contributed by atoms with Crippen molar-refractivity contribution in [3.8, 4) is 0 Å². The zero-order valence-corrected chi connectivity index (χ0v) is 33.3. The maximum absolute atomic E-state index is 12.7. The van der Waals surface area contributed by atoms with Gasteiger partial charge in [-0.1, -0.05) is 25.6 Å². The van der Waals surface area contributed by atoms with Gasteiger partial charge in [-0.3, -0.25) is 32.5 Å². The van der Waals surface area contributed by atoms with E-state index < -0.39 is 96.8 Å². The van der Waals surface area contributed by atoms with E-state index in [-0.39, 0.29) is 53.8 Å². The molecular formula is C26H44N7O19P3S. The zero-order valence-electron chi connectivity index (χ0n) is 29.8. The van der Waals surface area contributed by atoms with Gasteiger partial charge in [0.1, 0.15) is 36.3 Å². The number of hydrogen-bond donors (Lipinski definition) is 11. The number of phosphoric acid groups is 3. The lowest BCUT2D eigenvalue weighted by atomic mass is 9.87. The van der Waals surface area contributed by atoms with Crippen molar-refractivity contribution in [1.82, 2.24) is 30.2 Å².